The molecule has 0 spiro atoms. The fraction of sp³-hybridized carbons (Fsp3) is 0.348. The highest BCUT2D eigenvalue weighted by Gasteiger charge is 2.38. The first-order valence-corrected chi connectivity index (χ1v) is 12.0. The van der Waals surface area contributed by atoms with E-state index >= 15 is 0 Å². The fourth-order valence-electron chi connectivity index (χ4n) is 4.25. The van der Waals surface area contributed by atoms with E-state index in [-0.39, 0.29) is 6.04 Å². The number of hydrogen-bond donors (Lipinski definition) is 2. The second-order valence-electron chi connectivity index (χ2n) is 11.3. The molecule has 0 bridgehead atoms. The summed E-state index contributed by atoms with van der Waals surface area (Å²) in [5.74, 6) is 1.40. The largest absolute Gasteiger partial charge is 0.496 e. The number of fused-ring (bicyclic) bond motifs is 1. The first-order chi connectivity index (χ1) is 16.3. The molecular formula is C23H29B5N4O3. The molecule has 1 aliphatic rings. The molecular weight excluding hydrogens is 434 g/mol. The van der Waals surface area contributed by atoms with E-state index in [1.807, 2.05) is 71.3 Å². The maximum absolute atomic E-state index is 10.6. The maximum Gasteiger partial charge on any atom is 0.258 e. The third-order valence-corrected chi connectivity index (χ3v) is 6.77. The van der Waals surface area contributed by atoms with Gasteiger partial charge in [-0.1, -0.05) is 23.4 Å². The second kappa shape index (κ2) is 8.96. The number of aromatic nitrogens is 2. The van der Waals surface area contributed by atoms with Crippen molar-refractivity contribution in [2.24, 2.45) is 0 Å². The first-order valence-electron chi connectivity index (χ1n) is 12.0. The molecule has 2 N–H and O–H groups in total. The van der Waals surface area contributed by atoms with Crippen LogP contribution in [0.1, 0.15) is 43.0 Å². The molecule has 0 aliphatic heterocycles. The molecule has 0 saturated carbocycles. The van der Waals surface area contributed by atoms with Gasteiger partial charge in [0.15, 0.2) is 7.85 Å². The number of nitrogens with one attached hydrogen (secondary N) is 1. The predicted octanol–water partition coefficient (Wildman–Crippen LogP) is -1.57. The standard InChI is InChI=1S/C23H29B5N4O3/c1-21(2,24)34-18-9-6-12(10-13(18)11-29)20-30-19(32-35-20)16-5-3-4-15-14(16)7-8-17(15)31-22(25,26)23(27,28)33/h3-6,9-10,17,31,33H,7-8,24-28H2,1-2H3/t17-/m0/s1. The van der Waals surface area contributed by atoms with Gasteiger partial charge in [0, 0.05) is 22.6 Å². The minimum atomic E-state index is -0.869. The monoisotopic (exact) mass is 464 g/mol. The van der Waals surface area contributed by atoms with Crippen LogP contribution >= 0.6 is 0 Å². The minimum absolute atomic E-state index is 0.131. The Morgan fingerprint density at radius 3 is 2.57 bits per heavy atom. The summed E-state index contributed by atoms with van der Waals surface area (Å²) in [6, 6.07) is 13.8. The molecule has 0 amide bonds. The third kappa shape index (κ3) is 5.22. The van der Waals surface area contributed by atoms with Gasteiger partial charge in [-0.25, -0.2) is 0 Å². The van der Waals surface area contributed by atoms with Crippen LogP contribution in [0.3, 0.4) is 0 Å². The van der Waals surface area contributed by atoms with Gasteiger partial charge in [0.25, 0.3) is 5.89 Å². The molecule has 12 heteroatoms. The lowest BCUT2D eigenvalue weighted by Gasteiger charge is -2.41. The van der Waals surface area contributed by atoms with Crippen LogP contribution in [0.25, 0.3) is 22.8 Å². The van der Waals surface area contributed by atoms with Gasteiger partial charge in [-0.05, 0) is 61.4 Å². The summed E-state index contributed by atoms with van der Waals surface area (Å²) in [6.07, 6.45) is 1.81. The van der Waals surface area contributed by atoms with E-state index in [2.05, 4.69) is 27.6 Å². The van der Waals surface area contributed by atoms with Crippen molar-refractivity contribution >= 4 is 39.2 Å². The van der Waals surface area contributed by atoms with E-state index in [0.717, 1.165) is 18.4 Å². The number of rotatable bonds is 7. The molecule has 2 aromatic carbocycles. The number of hydrogen-bond acceptors (Lipinski definition) is 7. The lowest BCUT2D eigenvalue weighted by Crippen LogP contribution is -2.65. The van der Waals surface area contributed by atoms with Crippen molar-refractivity contribution in [3.05, 3.63) is 53.1 Å². The molecule has 0 fully saturated rings. The molecule has 0 saturated heterocycles. The van der Waals surface area contributed by atoms with E-state index in [9.17, 15) is 10.4 Å². The Morgan fingerprint density at radius 2 is 1.91 bits per heavy atom. The zero-order valence-corrected chi connectivity index (χ0v) is 21.6. The smallest absolute Gasteiger partial charge is 0.258 e. The van der Waals surface area contributed by atoms with Crippen molar-refractivity contribution < 1.29 is 14.4 Å². The van der Waals surface area contributed by atoms with E-state index in [0.29, 0.717) is 28.6 Å². The molecule has 7 nitrogen and oxygen atoms in total. The maximum atomic E-state index is 10.6. The lowest BCUT2D eigenvalue weighted by molar-refractivity contribution is 0.169. The fourth-order valence-corrected chi connectivity index (χ4v) is 4.25. The van der Waals surface area contributed by atoms with Crippen molar-refractivity contribution in [1.82, 2.24) is 15.5 Å². The summed E-state index contributed by atoms with van der Waals surface area (Å²) in [4.78, 5) is 4.66. The zero-order chi connectivity index (χ0) is 25.6. The van der Waals surface area contributed by atoms with Crippen LogP contribution in [0.2, 0.25) is 0 Å². The van der Waals surface area contributed by atoms with Crippen molar-refractivity contribution in [3.63, 3.8) is 0 Å². The van der Waals surface area contributed by atoms with Gasteiger partial charge in [0.2, 0.25) is 5.82 Å². The average molecular weight is 464 g/mol. The van der Waals surface area contributed by atoms with Crippen LogP contribution in [0, 0.1) is 11.3 Å². The third-order valence-electron chi connectivity index (χ3n) is 6.77. The van der Waals surface area contributed by atoms with Crippen molar-refractivity contribution in [2.75, 3.05) is 0 Å². The van der Waals surface area contributed by atoms with Gasteiger partial charge < -0.3 is 19.7 Å². The summed E-state index contributed by atoms with van der Waals surface area (Å²) in [5, 5.41) is 26.8. The zero-order valence-electron chi connectivity index (χ0n) is 21.6. The van der Waals surface area contributed by atoms with Gasteiger partial charge in [-0.15, -0.1) is 0 Å². The van der Waals surface area contributed by atoms with Gasteiger partial charge in [-0.3, -0.25) is 0 Å². The quantitative estimate of drug-likeness (QED) is 0.408. The Hall–Kier alpha value is -2.89. The van der Waals surface area contributed by atoms with Crippen LogP contribution in [0.15, 0.2) is 40.9 Å². The van der Waals surface area contributed by atoms with Gasteiger partial charge >= 0.3 is 0 Å². The van der Waals surface area contributed by atoms with Crippen molar-refractivity contribution in [2.45, 2.75) is 49.0 Å². The van der Waals surface area contributed by atoms with Gasteiger partial charge in [0.1, 0.15) is 43.2 Å². The van der Waals surface area contributed by atoms with Gasteiger partial charge in [-0.2, -0.15) is 10.2 Å². The summed E-state index contributed by atoms with van der Waals surface area (Å²) in [7, 11) is 9.64. The van der Waals surface area contributed by atoms with E-state index < -0.39 is 16.2 Å². The number of aliphatic hydroxyl groups is 1. The van der Waals surface area contributed by atoms with Crippen LogP contribution < -0.4 is 10.1 Å². The van der Waals surface area contributed by atoms with E-state index in [4.69, 9.17) is 9.26 Å². The Labute approximate surface area is 211 Å². The van der Waals surface area contributed by atoms with Gasteiger partial charge in [0.05, 0.1) is 11.1 Å². The highest BCUT2D eigenvalue weighted by molar-refractivity contribution is 6.53. The predicted molar refractivity (Wildman–Crippen MR) is 149 cm³/mol. The Kier molecular flexibility index (Phi) is 6.46. The summed E-state index contributed by atoms with van der Waals surface area (Å²) < 4.78 is 11.5. The summed E-state index contributed by atoms with van der Waals surface area (Å²) >= 11 is 0. The molecule has 1 atom stereocenters. The molecule has 0 radical (unpaired) electrons. The van der Waals surface area contributed by atoms with Crippen molar-refractivity contribution in [3.8, 4) is 34.7 Å². The molecule has 0 unspecified atom stereocenters. The second-order valence-corrected chi connectivity index (χ2v) is 11.3. The number of nitriles is 1. The highest BCUT2D eigenvalue weighted by atomic mass is 16.5. The SMILES string of the molecule is BC(C)(C)Oc1ccc(-c2nc(-c3cccc4c3CC[C@@H]4NC(B)(B)C(B)(B)O)no2)cc1C#N. The lowest BCUT2D eigenvalue weighted by atomic mass is 9.40. The molecule has 1 heterocycles. The molecule has 1 aromatic heterocycles. The summed E-state index contributed by atoms with van der Waals surface area (Å²) in [6.45, 7) is 3.88. The van der Waals surface area contributed by atoms with Crippen LogP contribution in [0.5, 0.6) is 5.75 Å². The Morgan fingerprint density at radius 1 is 1.17 bits per heavy atom. The van der Waals surface area contributed by atoms with Crippen molar-refractivity contribution in [1.29, 1.82) is 5.26 Å². The normalized spacial score (nSPS) is 16.0. The topological polar surface area (TPSA) is 104 Å². The number of benzene rings is 2. The number of ether oxygens (including phenoxy) is 1. The molecule has 35 heavy (non-hydrogen) atoms. The Bertz CT molecular complexity index is 1290. The van der Waals surface area contributed by atoms with Crippen LogP contribution in [-0.4, -0.2) is 70.7 Å². The average Bonchev–Trinajstić information content (AvgIpc) is 3.40. The van der Waals surface area contributed by atoms with Crippen LogP contribution in [0.4, 0.5) is 0 Å². The molecule has 1 aliphatic carbocycles. The summed E-state index contributed by atoms with van der Waals surface area (Å²) in [5.41, 5.74) is 4.00. The molecule has 174 valence electrons. The Balaban J connectivity index is 1.62. The molecule has 4 rings (SSSR count). The first kappa shape index (κ1) is 25.2. The molecule has 3 aromatic rings. The minimum Gasteiger partial charge on any atom is -0.496 e. The van der Waals surface area contributed by atoms with Crippen LogP contribution in [-0.2, 0) is 6.42 Å². The number of nitrogens with zero attached hydrogens (tertiary/aromatic N) is 3. The highest BCUT2D eigenvalue weighted by Crippen LogP contribution is 2.38. The van der Waals surface area contributed by atoms with E-state index in [1.54, 1.807) is 12.1 Å². The van der Waals surface area contributed by atoms with E-state index in [1.165, 1.54) is 11.1 Å².